The highest BCUT2D eigenvalue weighted by atomic mass is 16.4. The Labute approximate surface area is 104 Å². The number of rotatable bonds is 1. The molecule has 1 unspecified atom stereocenters. The molecule has 1 saturated heterocycles. The van der Waals surface area contributed by atoms with Crippen LogP contribution in [-0.2, 0) is 0 Å². The van der Waals surface area contributed by atoms with Crippen molar-refractivity contribution in [3.05, 3.63) is 0 Å². The fourth-order valence-corrected chi connectivity index (χ4v) is 3.42. The lowest BCUT2D eigenvalue weighted by Crippen LogP contribution is -2.58. The summed E-state index contributed by atoms with van der Waals surface area (Å²) in [7, 11) is 0. The van der Waals surface area contributed by atoms with Gasteiger partial charge in [-0.25, -0.2) is 4.79 Å². The number of piperidine rings is 1. The van der Waals surface area contributed by atoms with Crippen LogP contribution in [0.3, 0.4) is 0 Å². The van der Waals surface area contributed by atoms with Gasteiger partial charge in [0.15, 0.2) is 0 Å². The molecule has 4 atom stereocenters. The monoisotopic (exact) mass is 242 g/mol. The molecule has 0 aliphatic carbocycles. The number of amides is 1. The molecular weight excluding hydrogens is 216 g/mol. The first kappa shape index (κ1) is 14.3. The van der Waals surface area contributed by atoms with Gasteiger partial charge in [-0.1, -0.05) is 27.7 Å². The van der Waals surface area contributed by atoms with Gasteiger partial charge in [-0.05, 0) is 30.6 Å². The highest BCUT2D eigenvalue weighted by molar-refractivity contribution is 5.65. The van der Waals surface area contributed by atoms with Gasteiger partial charge in [0.25, 0.3) is 0 Å². The van der Waals surface area contributed by atoms with Gasteiger partial charge in [0, 0.05) is 18.6 Å². The van der Waals surface area contributed by atoms with E-state index < -0.39 is 6.09 Å². The maximum atomic E-state index is 11.3. The predicted octanol–water partition coefficient (Wildman–Crippen LogP) is 2.38. The molecule has 1 aliphatic heterocycles. The van der Waals surface area contributed by atoms with E-state index >= 15 is 0 Å². The molecule has 1 fully saturated rings. The predicted molar refractivity (Wildman–Crippen MR) is 68.9 cm³/mol. The van der Waals surface area contributed by atoms with E-state index in [1.165, 1.54) is 0 Å². The third-order valence-corrected chi connectivity index (χ3v) is 4.02. The van der Waals surface area contributed by atoms with Gasteiger partial charge in [-0.2, -0.15) is 0 Å². The van der Waals surface area contributed by atoms with Crippen LogP contribution in [0.25, 0.3) is 0 Å². The van der Waals surface area contributed by atoms with Gasteiger partial charge in [0.2, 0.25) is 0 Å². The first-order valence-electron chi connectivity index (χ1n) is 6.41. The third kappa shape index (κ3) is 2.92. The number of carbonyl (C=O) groups is 1. The Morgan fingerprint density at radius 3 is 2.35 bits per heavy atom. The molecule has 0 aromatic rings. The molecule has 1 amide bonds. The van der Waals surface area contributed by atoms with Crippen LogP contribution in [0.5, 0.6) is 0 Å². The van der Waals surface area contributed by atoms with Crippen molar-refractivity contribution >= 4 is 6.09 Å². The summed E-state index contributed by atoms with van der Waals surface area (Å²) in [6.07, 6.45) is 0.0671. The highest BCUT2D eigenvalue weighted by Gasteiger charge is 2.44. The SMILES string of the molecule is C[C@H](N)[C@@H]1CCN(C(=O)O)C(C(C)(C)C)[C@@H]1C. The lowest BCUT2D eigenvalue weighted by Gasteiger charge is -2.50. The maximum Gasteiger partial charge on any atom is 0.407 e. The average molecular weight is 242 g/mol. The third-order valence-electron chi connectivity index (χ3n) is 4.02. The topological polar surface area (TPSA) is 66.6 Å². The molecular formula is C13H26N2O2. The number of carboxylic acid groups (broad SMARTS) is 1. The van der Waals surface area contributed by atoms with Crippen LogP contribution < -0.4 is 5.73 Å². The normalized spacial score (nSPS) is 32.4. The van der Waals surface area contributed by atoms with Crippen LogP contribution in [0.4, 0.5) is 4.79 Å². The second-order valence-corrected chi connectivity index (χ2v) is 6.46. The minimum Gasteiger partial charge on any atom is -0.465 e. The smallest absolute Gasteiger partial charge is 0.407 e. The average Bonchev–Trinajstić information content (AvgIpc) is 2.14. The summed E-state index contributed by atoms with van der Waals surface area (Å²) in [5, 5.41) is 9.31. The Hall–Kier alpha value is -0.770. The van der Waals surface area contributed by atoms with Gasteiger partial charge in [-0.3, -0.25) is 0 Å². The first-order chi connectivity index (χ1) is 7.66. The molecule has 0 aromatic carbocycles. The van der Waals surface area contributed by atoms with Crippen molar-refractivity contribution in [2.45, 2.75) is 53.1 Å². The zero-order chi connectivity index (χ0) is 13.4. The summed E-state index contributed by atoms with van der Waals surface area (Å²) in [4.78, 5) is 12.9. The lowest BCUT2D eigenvalue weighted by molar-refractivity contribution is -0.00334. The fourth-order valence-electron chi connectivity index (χ4n) is 3.42. The molecule has 4 heteroatoms. The van der Waals surface area contributed by atoms with E-state index in [1.807, 2.05) is 6.92 Å². The summed E-state index contributed by atoms with van der Waals surface area (Å²) >= 11 is 0. The first-order valence-corrected chi connectivity index (χ1v) is 6.41. The Bertz CT molecular complexity index is 284. The largest absolute Gasteiger partial charge is 0.465 e. The lowest BCUT2D eigenvalue weighted by atomic mass is 9.68. The van der Waals surface area contributed by atoms with Gasteiger partial charge >= 0.3 is 6.09 Å². The second-order valence-electron chi connectivity index (χ2n) is 6.46. The molecule has 100 valence electrons. The van der Waals surface area contributed by atoms with Crippen LogP contribution in [0.1, 0.15) is 41.0 Å². The molecule has 0 bridgehead atoms. The van der Waals surface area contributed by atoms with Crippen LogP contribution in [-0.4, -0.2) is 34.7 Å². The van der Waals surface area contributed by atoms with Crippen LogP contribution in [0, 0.1) is 17.3 Å². The van der Waals surface area contributed by atoms with Crippen LogP contribution in [0.15, 0.2) is 0 Å². The molecule has 17 heavy (non-hydrogen) atoms. The quantitative estimate of drug-likeness (QED) is 0.742. The molecule has 0 aromatic heterocycles. The molecule has 1 rings (SSSR count). The molecule has 1 heterocycles. The van der Waals surface area contributed by atoms with Gasteiger partial charge in [-0.15, -0.1) is 0 Å². The Morgan fingerprint density at radius 1 is 1.47 bits per heavy atom. The van der Waals surface area contributed by atoms with Gasteiger partial charge in [0.1, 0.15) is 0 Å². The molecule has 0 saturated carbocycles. The van der Waals surface area contributed by atoms with Gasteiger partial charge < -0.3 is 15.7 Å². The summed E-state index contributed by atoms with van der Waals surface area (Å²) in [6.45, 7) is 11.1. The van der Waals surface area contributed by atoms with E-state index in [0.29, 0.717) is 18.4 Å². The minimum absolute atomic E-state index is 0.0461. The number of hydrogen-bond donors (Lipinski definition) is 2. The molecule has 0 spiro atoms. The zero-order valence-corrected chi connectivity index (χ0v) is 11.6. The van der Waals surface area contributed by atoms with E-state index in [2.05, 4.69) is 27.7 Å². The van der Waals surface area contributed by atoms with Crippen molar-refractivity contribution < 1.29 is 9.90 Å². The van der Waals surface area contributed by atoms with E-state index in [1.54, 1.807) is 4.90 Å². The second kappa shape index (κ2) is 4.84. The fraction of sp³-hybridized carbons (Fsp3) is 0.923. The van der Waals surface area contributed by atoms with Crippen molar-refractivity contribution in [3.8, 4) is 0 Å². The Kier molecular flexibility index (Phi) is 4.07. The number of likely N-dealkylation sites (tertiary alicyclic amines) is 1. The molecule has 4 nitrogen and oxygen atoms in total. The summed E-state index contributed by atoms with van der Waals surface area (Å²) < 4.78 is 0. The standard InChI is InChI=1S/C13H26N2O2/c1-8-10(9(2)14)6-7-15(12(16)17)11(8)13(3,4)5/h8-11H,6-7,14H2,1-5H3,(H,16,17)/t8-,9+,10-,11?/m1/s1. The summed E-state index contributed by atoms with van der Waals surface area (Å²) in [6, 6.07) is 0.176. The Morgan fingerprint density at radius 2 is 2.00 bits per heavy atom. The minimum atomic E-state index is -0.806. The highest BCUT2D eigenvalue weighted by Crippen LogP contribution is 2.39. The Balaban J connectivity index is 2.99. The summed E-state index contributed by atoms with van der Waals surface area (Å²) in [5.74, 6) is 0.717. The van der Waals surface area contributed by atoms with Crippen molar-refractivity contribution in [3.63, 3.8) is 0 Å². The zero-order valence-electron chi connectivity index (χ0n) is 11.6. The van der Waals surface area contributed by atoms with Crippen molar-refractivity contribution in [1.82, 2.24) is 4.90 Å². The maximum absolute atomic E-state index is 11.3. The number of hydrogen-bond acceptors (Lipinski definition) is 2. The van der Waals surface area contributed by atoms with E-state index in [9.17, 15) is 9.90 Å². The van der Waals surface area contributed by atoms with Crippen molar-refractivity contribution in [1.29, 1.82) is 0 Å². The number of nitrogens with two attached hydrogens (primary N) is 1. The molecule has 0 radical (unpaired) electrons. The number of nitrogens with zero attached hydrogens (tertiary/aromatic N) is 1. The van der Waals surface area contributed by atoms with Gasteiger partial charge in [0.05, 0.1) is 0 Å². The molecule has 1 aliphatic rings. The van der Waals surface area contributed by atoms with E-state index in [4.69, 9.17) is 5.73 Å². The van der Waals surface area contributed by atoms with Crippen LogP contribution in [0.2, 0.25) is 0 Å². The van der Waals surface area contributed by atoms with Crippen molar-refractivity contribution in [2.24, 2.45) is 23.0 Å². The van der Waals surface area contributed by atoms with Crippen molar-refractivity contribution in [2.75, 3.05) is 6.54 Å². The summed E-state index contributed by atoms with van der Waals surface area (Å²) in [5.41, 5.74) is 5.97. The molecule has 3 N–H and O–H groups in total. The van der Waals surface area contributed by atoms with E-state index in [-0.39, 0.29) is 17.5 Å². The van der Waals surface area contributed by atoms with Crippen LogP contribution >= 0.6 is 0 Å². The van der Waals surface area contributed by atoms with E-state index in [0.717, 1.165) is 6.42 Å².